The highest BCUT2D eigenvalue weighted by molar-refractivity contribution is 7.17. The Morgan fingerprint density at radius 2 is 1.89 bits per heavy atom. The fraction of sp³-hybridized carbons (Fsp3) is 0.500. The second-order valence-corrected chi connectivity index (χ2v) is 6.45. The Morgan fingerprint density at radius 3 is 2.61 bits per heavy atom. The molecule has 1 N–H and O–H groups in total. The lowest BCUT2D eigenvalue weighted by molar-refractivity contribution is 0.555. The van der Waals surface area contributed by atoms with E-state index in [0.717, 1.165) is 25.4 Å². The average Bonchev–Trinajstić information content (AvgIpc) is 2.68. The molecule has 0 spiro atoms. The second kappa shape index (κ2) is 5.85. The van der Waals surface area contributed by atoms with Crippen molar-refractivity contribution in [3.63, 3.8) is 0 Å². The highest BCUT2D eigenvalue weighted by atomic mass is 32.1. The van der Waals surface area contributed by atoms with Gasteiger partial charge in [0.15, 0.2) is 0 Å². The van der Waals surface area contributed by atoms with Crippen LogP contribution in [0.2, 0.25) is 0 Å². The number of fused-ring (bicyclic) bond motifs is 1. The Bertz CT molecular complexity index is 525. The molecule has 2 aromatic rings. The molecule has 0 bridgehead atoms. The molecule has 0 saturated heterocycles. The third kappa shape index (κ3) is 3.12. The maximum Gasteiger partial charge on any atom is 0.0348 e. The molecule has 1 aromatic heterocycles. The molecule has 1 nitrogen and oxygen atoms in total. The van der Waals surface area contributed by atoms with Crippen molar-refractivity contribution in [3.05, 3.63) is 34.2 Å². The molecular weight excluding hydrogens is 238 g/mol. The Labute approximate surface area is 114 Å². The van der Waals surface area contributed by atoms with Crippen molar-refractivity contribution in [2.24, 2.45) is 5.92 Å². The average molecular weight is 261 g/mol. The summed E-state index contributed by atoms with van der Waals surface area (Å²) in [5.74, 6) is 0.731. The van der Waals surface area contributed by atoms with Gasteiger partial charge < -0.3 is 5.32 Å². The van der Waals surface area contributed by atoms with Gasteiger partial charge in [0.25, 0.3) is 0 Å². The topological polar surface area (TPSA) is 12.0 Å². The van der Waals surface area contributed by atoms with Gasteiger partial charge >= 0.3 is 0 Å². The first kappa shape index (κ1) is 13.6. The van der Waals surface area contributed by atoms with Crippen LogP contribution in [0, 0.1) is 19.8 Å². The summed E-state index contributed by atoms with van der Waals surface area (Å²) in [6, 6.07) is 4.67. The molecule has 0 radical (unpaired) electrons. The molecule has 0 atom stereocenters. The smallest absolute Gasteiger partial charge is 0.0348 e. The Balaban J connectivity index is 2.07. The maximum absolute atomic E-state index is 3.52. The lowest BCUT2D eigenvalue weighted by atomic mass is 10.0. The van der Waals surface area contributed by atoms with E-state index in [0.29, 0.717) is 0 Å². The van der Waals surface area contributed by atoms with Crippen molar-refractivity contribution in [1.29, 1.82) is 0 Å². The number of thiophene rings is 1. The predicted octanol–water partition coefficient (Wildman–Crippen LogP) is 4.31. The zero-order chi connectivity index (χ0) is 13.1. The number of hydrogen-bond acceptors (Lipinski definition) is 2. The van der Waals surface area contributed by atoms with Crippen molar-refractivity contribution in [3.8, 4) is 0 Å². The minimum absolute atomic E-state index is 0.731. The van der Waals surface area contributed by atoms with Crippen LogP contribution in [0.5, 0.6) is 0 Å². The molecule has 0 unspecified atom stereocenters. The number of benzene rings is 1. The molecule has 18 heavy (non-hydrogen) atoms. The highest BCUT2D eigenvalue weighted by Gasteiger charge is 2.06. The van der Waals surface area contributed by atoms with Crippen molar-refractivity contribution < 1.29 is 0 Å². The molecule has 0 aliphatic rings. The minimum atomic E-state index is 0.731. The Hall–Kier alpha value is -0.860. The van der Waals surface area contributed by atoms with Crippen LogP contribution in [-0.2, 0) is 6.42 Å². The number of rotatable bonds is 5. The monoisotopic (exact) mass is 261 g/mol. The van der Waals surface area contributed by atoms with E-state index in [2.05, 4.69) is 50.5 Å². The van der Waals surface area contributed by atoms with Gasteiger partial charge in [0.2, 0.25) is 0 Å². The first-order valence-electron chi connectivity index (χ1n) is 6.76. The van der Waals surface area contributed by atoms with E-state index in [1.807, 2.05) is 11.3 Å². The Kier molecular flexibility index (Phi) is 4.41. The normalized spacial score (nSPS) is 11.6. The zero-order valence-electron chi connectivity index (χ0n) is 11.8. The third-order valence-corrected chi connectivity index (χ3v) is 4.39. The van der Waals surface area contributed by atoms with Crippen molar-refractivity contribution in [2.75, 3.05) is 13.1 Å². The van der Waals surface area contributed by atoms with E-state index in [9.17, 15) is 0 Å². The first-order valence-corrected chi connectivity index (χ1v) is 7.64. The van der Waals surface area contributed by atoms with E-state index >= 15 is 0 Å². The fourth-order valence-corrected chi connectivity index (χ4v) is 3.22. The fourth-order valence-electron chi connectivity index (χ4n) is 2.14. The van der Waals surface area contributed by atoms with Crippen LogP contribution in [0.3, 0.4) is 0 Å². The van der Waals surface area contributed by atoms with Gasteiger partial charge in [0.1, 0.15) is 0 Å². The van der Waals surface area contributed by atoms with E-state index in [1.165, 1.54) is 26.8 Å². The summed E-state index contributed by atoms with van der Waals surface area (Å²) in [4.78, 5) is 0. The molecular formula is C16H23NS. The Morgan fingerprint density at radius 1 is 1.17 bits per heavy atom. The van der Waals surface area contributed by atoms with E-state index in [-0.39, 0.29) is 0 Å². The van der Waals surface area contributed by atoms with Crippen molar-refractivity contribution in [2.45, 2.75) is 34.1 Å². The van der Waals surface area contributed by atoms with E-state index in [4.69, 9.17) is 0 Å². The van der Waals surface area contributed by atoms with Crippen LogP contribution in [0.25, 0.3) is 10.1 Å². The van der Waals surface area contributed by atoms with Gasteiger partial charge in [-0.2, -0.15) is 0 Å². The standard InChI is InChI=1S/C16H23NS/c1-11(2)9-17-6-5-14-10-18-16-8-13(4)12(3)7-15(14)16/h7-8,10-11,17H,5-6,9H2,1-4H3. The number of aryl methyl sites for hydroxylation is 2. The quantitative estimate of drug-likeness (QED) is 0.791. The highest BCUT2D eigenvalue weighted by Crippen LogP contribution is 2.28. The molecule has 0 aliphatic carbocycles. The molecule has 98 valence electrons. The minimum Gasteiger partial charge on any atom is -0.316 e. The van der Waals surface area contributed by atoms with Crippen LogP contribution >= 0.6 is 11.3 Å². The zero-order valence-corrected chi connectivity index (χ0v) is 12.7. The predicted molar refractivity (Wildman–Crippen MR) is 82.7 cm³/mol. The van der Waals surface area contributed by atoms with Crippen LogP contribution in [0.15, 0.2) is 17.5 Å². The van der Waals surface area contributed by atoms with Crippen LogP contribution < -0.4 is 5.32 Å². The molecule has 0 saturated carbocycles. The molecule has 0 amide bonds. The van der Waals surface area contributed by atoms with Gasteiger partial charge in [-0.15, -0.1) is 11.3 Å². The molecule has 1 heterocycles. The van der Waals surface area contributed by atoms with Gasteiger partial charge in [0.05, 0.1) is 0 Å². The summed E-state index contributed by atoms with van der Waals surface area (Å²) < 4.78 is 1.43. The van der Waals surface area contributed by atoms with Crippen LogP contribution in [0.1, 0.15) is 30.5 Å². The summed E-state index contributed by atoms with van der Waals surface area (Å²) >= 11 is 1.87. The van der Waals surface area contributed by atoms with Gasteiger partial charge in [-0.3, -0.25) is 0 Å². The summed E-state index contributed by atoms with van der Waals surface area (Å²) in [5.41, 5.74) is 4.29. The molecule has 0 fully saturated rings. The van der Waals surface area contributed by atoms with Gasteiger partial charge in [-0.25, -0.2) is 0 Å². The molecule has 0 aliphatic heterocycles. The van der Waals surface area contributed by atoms with E-state index in [1.54, 1.807) is 0 Å². The summed E-state index contributed by atoms with van der Waals surface area (Å²) in [6.07, 6.45) is 1.13. The van der Waals surface area contributed by atoms with E-state index < -0.39 is 0 Å². The number of hydrogen-bond donors (Lipinski definition) is 1. The number of nitrogens with one attached hydrogen (secondary N) is 1. The van der Waals surface area contributed by atoms with Gasteiger partial charge in [-0.05, 0) is 72.8 Å². The molecule has 2 rings (SSSR count). The largest absolute Gasteiger partial charge is 0.316 e. The van der Waals surface area contributed by atoms with Crippen molar-refractivity contribution in [1.82, 2.24) is 5.32 Å². The third-order valence-electron chi connectivity index (χ3n) is 3.39. The van der Waals surface area contributed by atoms with Crippen molar-refractivity contribution >= 4 is 21.4 Å². The van der Waals surface area contributed by atoms with Gasteiger partial charge in [0, 0.05) is 4.70 Å². The summed E-state index contributed by atoms with van der Waals surface area (Å²) in [7, 11) is 0. The first-order chi connectivity index (χ1) is 8.58. The maximum atomic E-state index is 3.52. The second-order valence-electron chi connectivity index (χ2n) is 5.54. The van der Waals surface area contributed by atoms with Crippen LogP contribution in [0.4, 0.5) is 0 Å². The SMILES string of the molecule is Cc1cc2scc(CCNCC(C)C)c2cc1C. The lowest BCUT2D eigenvalue weighted by Gasteiger charge is -2.07. The summed E-state index contributed by atoms with van der Waals surface area (Å²) in [6.45, 7) is 11.1. The summed E-state index contributed by atoms with van der Waals surface area (Å²) in [5, 5.41) is 7.29. The van der Waals surface area contributed by atoms with Gasteiger partial charge in [-0.1, -0.05) is 19.9 Å². The molecule has 1 aromatic carbocycles. The lowest BCUT2D eigenvalue weighted by Crippen LogP contribution is -2.21. The van der Waals surface area contributed by atoms with Crippen LogP contribution in [-0.4, -0.2) is 13.1 Å². The molecule has 2 heteroatoms.